The smallest absolute Gasteiger partial charge is 0.119 e. The first kappa shape index (κ1) is 9.00. The third-order valence-corrected chi connectivity index (χ3v) is 2.34. The van der Waals surface area contributed by atoms with Crippen LogP contribution in [0.25, 0.3) is 10.9 Å². The fraction of sp³-hybridized carbons (Fsp3) is 0.167. The number of aromatic nitrogens is 1. The summed E-state index contributed by atoms with van der Waals surface area (Å²) in [6.07, 6.45) is 4.81. The second kappa shape index (κ2) is 3.66. The van der Waals surface area contributed by atoms with Crippen LogP contribution in [0.4, 0.5) is 0 Å². The van der Waals surface area contributed by atoms with Crippen molar-refractivity contribution in [1.29, 1.82) is 0 Å². The average Bonchev–Trinajstić information content (AvgIpc) is 2.61. The van der Waals surface area contributed by atoms with Crippen molar-refractivity contribution >= 4 is 10.9 Å². The van der Waals surface area contributed by atoms with Gasteiger partial charge in [0, 0.05) is 22.7 Å². The number of methoxy groups -OCH3 is 1. The number of hydrogen-bond acceptors (Lipinski definition) is 1. The first-order chi connectivity index (χ1) is 6.85. The zero-order valence-electron chi connectivity index (χ0n) is 8.21. The van der Waals surface area contributed by atoms with Gasteiger partial charge in [-0.3, -0.25) is 0 Å². The molecule has 0 aliphatic heterocycles. The standard InChI is InChI=1S/C12H13NO/c1-3-4-9-8-13-12-6-5-10(14-2)7-11(9)12/h3,5-8,13H,1,4H2,2H3. The van der Waals surface area contributed by atoms with Crippen molar-refractivity contribution in [1.82, 2.24) is 4.98 Å². The molecule has 2 heteroatoms. The number of benzene rings is 1. The van der Waals surface area contributed by atoms with Crippen LogP contribution in [0.15, 0.2) is 24.4 Å². The summed E-state index contributed by atoms with van der Waals surface area (Å²) < 4.78 is 5.19. The monoisotopic (exact) mass is 187 g/mol. The van der Waals surface area contributed by atoms with Gasteiger partial charge in [0.05, 0.1) is 13.5 Å². The molecule has 0 aliphatic rings. The van der Waals surface area contributed by atoms with Gasteiger partial charge < -0.3 is 9.72 Å². The lowest BCUT2D eigenvalue weighted by Crippen LogP contribution is -1.83. The summed E-state index contributed by atoms with van der Waals surface area (Å²) in [5.74, 6) is 0.891. The highest BCUT2D eigenvalue weighted by atomic mass is 16.5. The minimum Gasteiger partial charge on any atom is -0.497 e. The maximum Gasteiger partial charge on any atom is 0.119 e. The molecule has 1 aromatic heterocycles. The van der Waals surface area contributed by atoms with Gasteiger partial charge in [-0.25, -0.2) is 0 Å². The number of fused-ring (bicyclic) bond motifs is 1. The highest BCUT2D eigenvalue weighted by molar-refractivity contribution is 5.84. The van der Waals surface area contributed by atoms with E-state index in [1.165, 1.54) is 10.9 Å². The molecule has 2 aromatic rings. The predicted molar refractivity (Wildman–Crippen MR) is 58.2 cm³/mol. The fourth-order valence-corrected chi connectivity index (χ4v) is 1.61. The van der Waals surface area contributed by atoms with Gasteiger partial charge in [0.25, 0.3) is 0 Å². The van der Waals surface area contributed by atoms with E-state index in [0.29, 0.717) is 0 Å². The summed E-state index contributed by atoms with van der Waals surface area (Å²) in [6, 6.07) is 6.03. The quantitative estimate of drug-likeness (QED) is 0.734. The Labute approximate surface area is 83.9 Å². The maximum absolute atomic E-state index is 5.19. The highest BCUT2D eigenvalue weighted by Gasteiger charge is 2.05. The summed E-state index contributed by atoms with van der Waals surface area (Å²) in [5.41, 5.74) is 2.40. The van der Waals surface area contributed by atoms with Crippen molar-refractivity contribution in [3.8, 4) is 5.75 Å². The van der Waals surface area contributed by atoms with Gasteiger partial charge in [-0.15, -0.1) is 6.92 Å². The lowest BCUT2D eigenvalue weighted by Gasteiger charge is -1.99. The summed E-state index contributed by atoms with van der Waals surface area (Å²) in [7, 11) is 1.68. The molecule has 1 heterocycles. The average molecular weight is 187 g/mol. The number of H-pyrrole nitrogens is 1. The van der Waals surface area contributed by atoms with Gasteiger partial charge in [0.1, 0.15) is 5.75 Å². The van der Waals surface area contributed by atoms with Crippen molar-refractivity contribution in [2.75, 3.05) is 7.11 Å². The van der Waals surface area contributed by atoms with Crippen molar-refractivity contribution < 1.29 is 4.74 Å². The van der Waals surface area contributed by atoms with E-state index in [9.17, 15) is 0 Å². The lowest BCUT2D eigenvalue weighted by molar-refractivity contribution is 0.415. The van der Waals surface area contributed by atoms with Gasteiger partial charge in [0.15, 0.2) is 0 Å². The molecule has 0 aliphatic carbocycles. The van der Waals surface area contributed by atoms with E-state index < -0.39 is 0 Å². The molecule has 0 atom stereocenters. The SMILES string of the molecule is [CH2-][CH+]Cc1c[nH]c2ccc(OC)cc12. The summed E-state index contributed by atoms with van der Waals surface area (Å²) >= 11 is 0. The molecule has 0 bridgehead atoms. The van der Waals surface area contributed by atoms with Crippen LogP contribution in [0.2, 0.25) is 0 Å². The van der Waals surface area contributed by atoms with Crippen LogP contribution in [-0.2, 0) is 6.42 Å². The van der Waals surface area contributed by atoms with Gasteiger partial charge in [0.2, 0.25) is 0 Å². The number of nitrogens with one attached hydrogen (secondary N) is 1. The Morgan fingerprint density at radius 1 is 1.50 bits per heavy atom. The Balaban J connectivity index is 2.52. The zero-order chi connectivity index (χ0) is 9.97. The molecule has 14 heavy (non-hydrogen) atoms. The van der Waals surface area contributed by atoms with E-state index >= 15 is 0 Å². The Hall–Kier alpha value is -1.57. The molecule has 1 N–H and O–H groups in total. The fourth-order valence-electron chi connectivity index (χ4n) is 1.61. The first-order valence-electron chi connectivity index (χ1n) is 4.60. The van der Waals surface area contributed by atoms with Crippen molar-refractivity contribution in [3.63, 3.8) is 0 Å². The van der Waals surface area contributed by atoms with Gasteiger partial charge >= 0.3 is 0 Å². The minimum atomic E-state index is 0.882. The predicted octanol–water partition coefficient (Wildman–Crippen LogP) is 2.76. The molecule has 0 unspecified atom stereocenters. The van der Waals surface area contributed by atoms with Crippen LogP contribution < -0.4 is 4.74 Å². The van der Waals surface area contributed by atoms with Crippen LogP contribution in [0.5, 0.6) is 5.75 Å². The van der Waals surface area contributed by atoms with E-state index in [1.807, 2.05) is 30.8 Å². The Morgan fingerprint density at radius 3 is 3.07 bits per heavy atom. The Morgan fingerprint density at radius 2 is 2.36 bits per heavy atom. The van der Waals surface area contributed by atoms with E-state index in [1.54, 1.807) is 7.11 Å². The van der Waals surface area contributed by atoms with Crippen molar-refractivity contribution in [2.24, 2.45) is 0 Å². The van der Waals surface area contributed by atoms with Crippen molar-refractivity contribution in [3.05, 3.63) is 43.3 Å². The first-order valence-corrected chi connectivity index (χ1v) is 4.60. The lowest BCUT2D eigenvalue weighted by atomic mass is 10.1. The number of rotatable bonds is 3. The number of hydrogen-bond donors (Lipinski definition) is 1. The second-order valence-corrected chi connectivity index (χ2v) is 3.22. The Kier molecular flexibility index (Phi) is 2.35. The highest BCUT2D eigenvalue weighted by Crippen LogP contribution is 2.24. The topological polar surface area (TPSA) is 25.0 Å². The normalized spacial score (nSPS) is 10.4. The van der Waals surface area contributed by atoms with Crippen LogP contribution in [-0.4, -0.2) is 12.1 Å². The summed E-state index contributed by atoms with van der Waals surface area (Å²) in [6.45, 7) is 3.74. The molecular weight excluding hydrogens is 174 g/mol. The third kappa shape index (κ3) is 1.43. The van der Waals surface area contributed by atoms with Crippen LogP contribution in [0.1, 0.15) is 5.56 Å². The molecule has 0 saturated carbocycles. The van der Waals surface area contributed by atoms with Crippen LogP contribution >= 0.6 is 0 Å². The van der Waals surface area contributed by atoms with E-state index in [4.69, 9.17) is 4.74 Å². The van der Waals surface area contributed by atoms with E-state index in [2.05, 4.69) is 11.9 Å². The molecule has 0 amide bonds. The van der Waals surface area contributed by atoms with Gasteiger partial charge in [-0.1, -0.05) is 6.42 Å². The molecule has 2 nitrogen and oxygen atoms in total. The number of aromatic amines is 1. The summed E-state index contributed by atoms with van der Waals surface area (Å²) in [5, 5.41) is 1.21. The van der Waals surface area contributed by atoms with Crippen molar-refractivity contribution in [2.45, 2.75) is 6.42 Å². The molecule has 2 rings (SSSR count). The maximum atomic E-state index is 5.19. The third-order valence-electron chi connectivity index (χ3n) is 2.34. The molecule has 0 radical (unpaired) electrons. The Bertz CT molecular complexity index is 431. The van der Waals surface area contributed by atoms with Crippen LogP contribution in [0.3, 0.4) is 0 Å². The molecule has 0 fully saturated rings. The van der Waals surface area contributed by atoms with Crippen LogP contribution in [0, 0.1) is 13.3 Å². The van der Waals surface area contributed by atoms with Gasteiger partial charge in [-0.05, 0) is 18.2 Å². The molecule has 0 saturated heterocycles. The second-order valence-electron chi connectivity index (χ2n) is 3.22. The zero-order valence-corrected chi connectivity index (χ0v) is 8.21. The molecule has 1 aromatic carbocycles. The minimum absolute atomic E-state index is 0.882. The van der Waals surface area contributed by atoms with E-state index in [-0.39, 0.29) is 0 Å². The summed E-state index contributed by atoms with van der Waals surface area (Å²) in [4.78, 5) is 3.22. The molecule has 0 spiro atoms. The van der Waals surface area contributed by atoms with E-state index in [0.717, 1.165) is 17.7 Å². The molecule has 72 valence electrons. The number of ether oxygens (including phenoxy) is 1. The largest absolute Gasteiger partial charge is 0.497 e. The van der Waals surface area contributed by atoms with Gasteiger partial charge in [-0.2, -0.15) is 0 Å². The molecular formula is C12H13NO.